The number of hydrogen-bond acceptors (Lipinski definition) is 3. The molecule has 1 aromatic heterocycles. The van der Waals surface area contributed by atoms with Crippen molar-refractivity contribution < 1.29 is 5.11 Å². The van der Waals surface area contributed by atoms with E-state index < -0.39 is 0 Å². The minimum atomic E-state index is 0.00991. The molecule has 0 saturated heterocycles. The molecule has 3 nitrogen and oxygen atoms in total. The molecule has 14 heavy (non-hydrogen) atoms. The zero-order chi connectivity index (χ0) is 10.4. The van der Waals surface area contributed by atoms with Crippen molar-refractivity contribution in [2.45, 2.75) is 6.42 Å². The molecule has 0 unspecified atom stereocenters. The summed E-state index contributed by atoms with van der Waals surface area (Å²) in [6.07, 6.45) is 1.77. The molecule has 1 N–H and O–H groups in total. The Balaban J connectivity index is 2.98. The molecule has 0 aromatic carbocycles. The lowest BCUT2D eigenvalue weighted by molar-refractivity contribution is 0.305. The van der Waals surface area contributed by atoms with E-state index in [1.807, 2.05) is 6.07 Å². The van der Waals surface area contributed by atoms with Gasteiger partial charge in [0.05, 0.1) is 17.7 Å². The number of nitrogens with zero attached hydrogens (tertiary/aromatic N) is 2. The molecule has 70 valence electrons. The number of halogens is 1. The lowest BCUT2D eigenvalue weighted by Crippen LogP contribution is -1.85. The van der Waals surface area contributed by atoms with Gasteiger partial charge in [0.25, 0.3) is 0 Å². The molecule has 1 heterocycles. The molecule has 0 aliphatic carbocycles. The van der Waals surface area contributed by atoms with Gasteiger partial charge in [-0.05, 0) is 6.07 Å². The first-order chi connectivity index (χ1) is 6.77. The first kappa shape index (κ1) is 10.5. The van der Waals surface area contributed by atoms with Crippen LogP contribution in [-0.2, 0) is 0 Å². The van der Waals surface area contributed by atoms with Crippen LogP contribution < -0.4 is 0 Å². The molecule has 0 aliphatic heterocycles. The van der Waals surface area contributed by atoms with Crippen molar-refractivity contribution in [2.24, 2.45) is 0 Å². The van der Waals surface area contributed by atoms with Crippen molar-refractivity contribution in [3.63, 3.8) is 0 Å². The minimum Gasteiger partial charge on any atom is -0.395 e. The monoisotopic (exact) mass is 206 g/mol. The van der Waals surface area contributed by atoms with Crippen LogP contribution in [0.1, 0.15) is 17.5 Å². The maximum atomic E-state index is 8.60. The standard InChI is InChI=1S/C10H7ClN2O/c11-10-9(3-1-2-4-14)5-8(6-12)7-13-10/h5,7,14H,2,4H2. The van der Waals surface area contributed by atoms with Gasteiger partial charge >= 0.3 is 0 Å². The number of pyridine rings is 1. The van der Waals surface area contributed by atoms with Gasteiger partial charge in [-0.2, -0.15) is 5.26 Å². The second kappa shape index (κ2) is 5.24. The highest BCUT2D eigenvalue weighted by atomic mass is 35.5. The van der Waals surface area contributed by atoms with Gasteiger partial charge in [0.1, 0.15) is 11.2 Å². The molecule has 0 aliphatic rings. The van der Waals surface area contributed by atoms with Crippen LogP contribution in [0.15, 0.2) is 12.3 Å². The number of hydrogen-bond donors (Lipinski definition) is 1. The Morgan fingerprint density at radius 2 is 2.36 bits per heavy atom. The first-order valence-electron chi connectivity index (χ1n) is 3.93. The third-order valence-corrected chi connectivity index (χ3v) is 1.73. The van der Waals surface area contributed by atoms with Crippen LogP contribution in [-0.4, -0.2) is 16.7 Å². The van der Waals surface area contributed by atoms with Crippen LogP contribution in [0.4, 0.5) is 0 Å². The quantitative estimate of drug-likeness (QED) is 0.557. The summed E-state index contributed by atoms with van der Waals surface area (Å²) < 4.78 is 0. The Kier molecular flexibility index (Phi) is 3.94. The fourth-order valence-electron chi connectivity index (χ4n) is 0.811. The predicted molar refractivity (Wildman–Crippen MR) is 52.5 cm³/mol. The minimum absolute atomic E-state index is 0.00991. The number of aliphatic hydroxyl groups excluding tert-OH is 1. The van der Waals surface area contributed by atoms with Crippen LogP contribution in [0.3, 0.4) is 0 Å². The van der Waals surface area contributed by atoms with Gasteiger partial charge in [-0.3, -0.25) is 0 Å². The maximum absolute atomic E-state index is 8.60. The Morgan fingerprint density at radius 3 is 3.00 bits per heavy atom. The molecular weight excluding hydrogens is 200 g/mol. The molecule has 0 saturated carbocycles. The number of nitriles is 1. The summed E-state index contributed by atoms with van der Waals surface area (Å²) >= 11 is 5.75. The molecule has 0 fully saturated rings. The fourth-order valence-corrected chi connectivity index (χ4v) is 0.961. The van der Waals surface area contributed by atoms with Gasteiger partial charge in [-0.15, -0.1) is 0 Å². The summed E-state index contributed by atoms with van der Waals surface area (Å²) in [5, 5.41) is 17.4. The zero-order valence-corrected chi connectivity index (χ0v) is 8.04. The fraction of sp³-hybridized carbons (Fsp3) is 0.200. The number of aromatic nitrogens is 1. The van der Waals surface area contributed by atoms with Crippen LogP contribution in [0.2, 0.25) is 5.15 Å². The molecular formula is C10H7ClN2O. The van der Waals surface area contributed by atoms with Crippen LogP contribution in [0, 0.1) is 23.2 Å². The molecule has 0 spiro atoms. The molecule has 0 amide bonds. The second-order valence-corrected chi connectivity index (χ2v) is 2.81. The summed E-state index contributed by atoms with van der Waals surface area (Å²) in [7, 11) is 0. The van der Waals surface area contributed by atoms with E-state index in [2.05, 4.69) is 16.8 Å². The highest BCUT2D eigenvalue weighted by molar-refractivity contribution is 6.30. The van der Waals surface area contributed by atoms with Crippen LogP contribution >= 0.6 is 11.6 Å². The first-order valence-corrected chi connectivity index (χ1v) is 4.31. The van der Waals surface area contributed by atoms with Crippen molar-refractivity contribution in [1.29, 1.82) is 5.26 Å². The van der Waals surface area contributed by atoms with Crippen molar-refractivity contribution >= 4 is 11.6 Å². The Labute approximate surface area is 87.0 Å². The molecule has 1 rings (SSSR count). The van der Waals surface area contributed by atoms with Gasteiger partial charge in [-0.25, -0.2) is 4.98 Å². The van der Waals surface area contributed by atoms with E-state index >= 15 is 0 Å². The molecule has 4 heteroatoms. The largest absolute Gasteiger partial charge is 0.395 e. The highest BCUT2D eigenvalue weighted by Gasteiger charge is 1.99. The third-order valence-electron chi connectivity index (χ3n) is 1.43. The highest BCUT2D eigenvalue weighted by Crippen LogP contribution is 2.12. The summed E-state index contributed by atoms with van der Waals surface area (Å²) in [5.74, 6) is 5.44. The van der Waals surface area contributed by atoms with Crippen molar-refractivity contribution in [1.82, 2.24) is 4.98 Å². The van der Waals surface area contributed by atoms with E-state index in [0.29, 0.717) is 17.5 Å². The Bertz CT molecular complexity index is 426. The normalized spacial score (nSPS) is 8.64. The molecule has 0 bridgehead atoms. The smallest absolute Gasteiger partial charge is 0.144 e. The lowest BCUT2D eigenvalue weighted by atomic mass is 10.2. The van der Waals surface area contributed by atoms with Crippen molar-refractivity contribution in [3.05, 3.63) is 28.5 Å². The van der Waals surface area contributed by atoms with Gasteiger partial charge in [-0.1, -0.05) is 23.4 Å². The third kappa shape index (κ3) is 2.74. The van der Waals surface area contributed by atoms with Crippen LogP contribution in [0.5, 0.6) is 0 Å². The average Bonchev–Trinajstić information content (AvgIpc) is 2.21. The van der Waals surface area contributed by atoms with Crippen molar-refractivity contribution in [2.75, 3.05) is 6.61 Å². The van der Waals surface area contributed by atoms with Gasteiger partial charge in [0.2, 0.25) is 0 Å². The maximum Gasteiger partial charge on any atom is 0.144 e. The Morgan fingerprint density at radius 1 is 1.57 bits per heavy atom. The second-order valence-electron chi connectivity index (χ2n) is 2.45. The van der Waals surface area contributed by atoms with Gasteiger partial charge < -0.3 is 5.11 Å². The topological polar surface area (TPSA) is 56.9 Å². The van der Waals surface area contributed by atoms with Crippen molar-refractivity contribution in [3.8, 4) is 17.9 Å². The van der Waals surface area contributed by atoms with E-state index in [0.717, 1.165) is 0 Å². The van der Waals surface area contributed by atoms with E-state index in [-0.39, 0.29) is 11.8 Å². The van der Waals surface area contributed by atoms with Crippen LogP contribution in [0.25, 0.3) is 0 Å². The summed E-state index contributed by atoms with van der Waals surface area (Å²) in [5.41, 5.74) is 0.932. The SMILES string of the molecule is N#Cc1cnc(Cl)c(C#CCCO)c1. The van der Waals surface area contributed by atoms with Gasteiger partial charge in [0, 0.05) is 12.6 Å². The lowest BCUT2D eigenvalue weighted by Gasteiger charge is -1.94. The predicted octanol–water partition coefficient (Wildman–Crippen LogP) is 1.34. The van der Waals surface area contributed by atoms with E-state index in [9.17, 15) is 0 Å². The Hall–Kier alpha value is -1.55. The summed E-state index contributed by atoms with van der Waals surface area (Å²) in [6.45, 7) is 0.00991. The summed E-state index contributed by atoms with van der Waals surface area (Å²) in [6, 6.07) is 3.52. The number of aliphatic hydroxyl groups is 1. The molecule has 0 atom stereocenters. The number of rotatable bonds is 1. The van der Waals surface area contributed by atoms with E-state index in [1.54, 1.807) is 6.07 Å². The zero-order valence-electron chi connectivity index (χ0n) is 7.29. The molecule has 0 radical (unpaired) electrons. The average molecular weight is 207 g/mol. The van der Waals surface area contributed by atoms with Gasteiger partial charge in [0.15, 0.2) is 0 Å². The van der Waals surface area contributed by atoms with E-state index in [4.69, 9.17) is 22.0 Å². The molecule has 1 aromatic rings. The van der Waals surface area contributed by atoms with E-state index in [1.165, 1.54) is 6.20 Å². The summed E-state index contributed by atoms with van der Waals surface area (Å²) in [4.78, 5) is 3.81.